The number of fused-ring (bicyclic) bond motifs is 1. The van der Waals surface area contributed by atoms with Gasteiger partial charge in [-0.1, -0.05) is 12.1 Å². The van der Waals surface area contributed by atoms with Crippen LogP contribution in [0.2, 0.25) is 0 Å². The number of ether oxygens (including phenoxy) is 1. The molecule has 0 atom stereocenters. The normalized spacial score (nSPS) is 15.3. The summed E-state index contributed by atoms with van der Waals surface area (Å²) in [5, 5.41) is 10.6. The highest BCUT2D eigenvalue weighted by molar-refractivity contribution is 7.95. The molecule has 0 saturated carbocycles. The van der Waals surface area contributed by atoms with Gasteiger partial charge in [-0.3, -0.25) is 0 Å². The van der Waals surface area contributed by atoms with Crippen molar-refractivity contribution < 1.29 is 18.3 Å². The maximum Gasteiger partial charge on any atom is 0.200 e. The fourth-order valence-electron chi connectivity index (χ4n) is 2.28. The Bertz CT molecular complexity index is 841. The van der Waals surface area contributed by atoms with Crippen molar-refractivity contribution in [1.29, 1.82) is 0 Å². The monoisotopic (exact) mass is 303 g/mol. The van der Waals surface area contributed by atoms with E-state index in [1.165, 1.54) is 23.6 Å². The number of benzene rings is 2. The molecule has 2 aromatic rings. The van der Waals surface area contributed by atoms with Crippen molar-refractivity contribution in [3.8, 4) is 11.5 Å². The summed E-state index contributed by atoms with van der Waals surface area (Å²) >= 11 is 0. The number of anilines is 1. The van der Waals surface area contributed by atoms with Crippen LogP contribution in [0, 0.1) is 0 Å². The molecule has 0 amide bonds. The van der Waals surface area contributed by atoms with Crippen molar-refractivity contribution in [3.63, 3.8) is 0 Å². The number of sulfone groups is 1. The lowest BCUT2D eigenvalue weighted by Crippen LogP contribution is -2.02. The van der Waals surface area contributed by atoms with E-state index >= 15 is 0 Å². The second-order valence-electron chi connectivity index (χ2n) is 4.69. The van der Waals surface area contributed by atoms with Gasteiger partial charge in [-0.25, -0.2) is 8.42 Å². The number of hydrogen-bond donors (Lipinski definition) is 2. The van der Waals surface area contributed by atoms with Crippen LogP contribution in [0.4, 0.5) is 5.69 Å². The molecule has 1 heterocycles. The molecule has 0 unspecified atom stereocenters. The zero-order chi connectivity index (χ0) is 15.0. The van der Waals surface area contributed by atoms with Gasteiger partial charge in [0.15, 0.2) is 0 Å². The van der Waals surface area contributed by atoms with Crippen molar-refractivity contribution in [2.45, 2.75) is 4.90 Å². The lowest BCUT2D eigenvalue weighted by atomic mass is 10.1. The number of hydrogen-bond acceptors (Lipinski definition) is 5. The predicted octanol–water partition coefficient (Wildman–Crippen LogP) is 2.18. The number of phenols is 1. The Hall–Kier alpha value is -2.47. The lowest BCUT2D eigenvalue weighted by molar-refractivity contribution is 0.366. The fourth-order valence-corrected chi connectivity index (χ4v) is 3.77. The minimum Gasteiger partial charge on any atom is -0.508 e. The van der Waals surface area contributed by atoms with E-state index in [9.17, 15) is 13.5 Å². The van der Waals surface area contributed by atoms with Crippen molar-refractivity contribution in [3.05, 3.63) is 53.4 Å². The fraction of sp³-hybridized carbons (Fsp3) is 0.0667. The molecule has 0 aliphatic carbocycles. The molecule has 0 fully saturated rings. The van der Waals surface area contributed by atoms with E-state index in [0.717, 1.165) is 0 Å². The van der Waals surface area contributed by atoms with Gasteiger partial charge in [0.05, 0.1) is 4.90 Å². The van der Waals surface area contributed by atoms with E-state index in [1.54, 1.807) is 24.3 Å². The number of nitrogen functional groups attached to an aromatic ring is 1. The van der Waals surface area contributed by atoms with Crippen LogP contribution in [0.3, 0.4) is 0 Å². The summed E-state index contributed by atoms with van der Waals surface area (Å²) in [6, 6.07) is 11.1. The van der Waals surface area contributed by atoms with Crippen LogP contribution in [0.15, 0.2) is 52.8 Å². The zero-order valence-corrected chi connectivity index (χ0v) is 11.8. The van der Waals surface area contributed by atoms with Crippen molar-refractivity contribution in [1.82, 2.24) is 0 Å². The van der Waals surface area contributed by atoms with Crippen molar-refractivity contribution in [2.24, 2.45) is 0 Å². The van der Waals surface area contributed by atoms with Gasteiger partial charge in [0.25, 0.3) is 0 Å². The summed E-state index contributed by atoms with van der Waals surface area (Å²) in [5.41, 5.74) is 7.28. The van der Waals surface area contributed by atoms with Crippen LogP contribution in [0.5, 0.6) is 11.5 Å². The highest BCUT2D eigenvalue weighted by Gasteiger charge is 2.28. The Kier molecular flexibility index (Phi) is 3.10. The van der Waals surface area contributed by atoms with Gasteiger partial charge in [-0.15, -0.1) is 0 Å². The molecule has 0 aromatic heterocycles. The Labute approximate surface area is 122 Å². The average molecular weight is 303 g/mol. The molecular weight excluding hydrogens is 290 g/mol. The first-order valence-corrected chi connectivity index (χ1v) is 7.78. The third-order valence-electron chi connectivity index (χ3n) is 3.20. The molecule has 108 valence electrons. The molecule has 21 heavy (non-hydrogen) atoms. The minimum atomic E-state index is -3.46. The summed E-state index contributed by atoms with van der Waals surface area (Å²) in [4.78, 5) is 0.206. The third kappa shape index (κ3) is 2.45. The SMILES string of the molecule is Nc1cccc2c1C(COc1cccc(O)c1)=CS2(=O)=O. The van der Waals surface area contributed by atoms with Gasteiger partial charge in [0.1, 0.15) is 18.1 Å². The Morgan fingerprint density at radius 1 is 1.14 bits per heavy atom. The summed E-state index contributed by atoms with van der Waals surface area (Å²) in [5.74, 6) is 0.539. The van der Waals surface area contributed by atoms with Crippen LogP contribution in [-0.4, -0.2) is 20.1 Å². The number of phenolic OH excluding ortho intramolecular Hbond substituents is 1. The number of rotatable bonds is 3. The van der Waals surface area contributed by atoms with Crippen LogP contribution in [0.25, 0.3) is 5.57 Å². The van der Waals surface area contributed by atoms with Crippen LogP contribution in [0.1, 0.15) is 5.56 Å². The lowest BCUT2D eigenvalue weighted by Gasteiger charge is -2.10. The van der Waals surface area contributed by atoms with Gasteiger partial charge in [0, 0.05) is 28.3 Å². The standard InChI is InChI=1S/C15H13NO4S/c16-13-5-2-6-14-15(13)10(9-21(14,18)19)8-20-12-4-1-3-11(17)7-12/h1-7,9,17H,8,16H2. The second kappa shape index (κ2) is 4.82. The average Bonchev–Trinajstić information content (AvgIpc) is 2.69. The zero-order valence-electron chi connectivity index (χ0n) is 11.0. The summed E-state index contributed by atoms with van der Waals surface area (Å²) < 4.78 is 29.6. The molecule has 0 spiro atoms. The maximum atomic E-state index is 12.1. The Morgan fingerprint density at radius 2 is 1.90 bits per heavy atom. The molecule has 3 rings (SSSR count). The number of aromatic hydroxyl groups is 1. The smallest absolute Gasteiger partial charge is 0.200 e. The minimum absolute atomic E-state index is 0.0594. The van der Waals surface area contributed by atoms with E-state index in [1.807, 2.05) is 0 Å². The second-order valence-corrected chi connectivity index (χ2v) is 6.46. The largest absolute Gasteiger partial charge is 0.508 e. The van der Waals surface area contributed by atoms with E-state index in [0.29, 0.717) is 22.6 Å². The molecule has 0 radical (unpaired) electrons. The molecule has 2 aromatic carbocycles. The molecule has 0 bridgehead atoms. The van der Waals surface area contributed by atoms with Gasteiger partial charge in [-0.05, 0) is 24.3 Å². The molecule has 3 N–H and O–H groups in total. The van der Waals surface area contributed by atoms with Crippen molar-refractivity contribution in [2.75, 3.05) is 12.3 Å². The summed E-state index contributed by atoms with van der Waals surface area (Å²) in [7, 11) is -3.46. The Morgan fingerprint density at radius 3 is 2.67 bits per heavy atom. The van der Waals surface area contributed by atoms with E-state index in [-0.39, 0.29) is 17.3 Å². The van der Waals surface area contributed by atoms with Crippen LogP contribution < -0.4 is 10.5 Å². The maximum absolute atomic E-state index is 12.1. The third-order valence-corrected chi connectivity index (χ3v) is 4.74. The van der Waals surface area contributed by atoms with Crippen LogP contribution >= 0.6 is 0 Å². The van der Waals surface area contributed by atoms with E-state index in [2.05, 4.69) is 0 Å². The Balaban J connectivity index is 1.91. The highest BCUT2D eigenvalue weighted by atomic mass is 32.2. The number of nitrogens with two attached hydrogens (primary N) is 1. The molecule has 6 heteroatoms. The molecular formula is C15H13NO4S. The first kappa shape index (κ1) is 13.5. The highest BCUT2D eigenvalue weighted by Crippen LogP contribution is 2.37. The summed E-state index contributed by atoms with van der Waals surface area (Å²) in [6.45, 7) is 0.0594. The van der Waals surface area contributed by atoms with Crippen LogP contribution in [-0.2, 0) is 9.84 Å². The molecule has 5 nitrogen and oxygen atoms in total. The molecule has 1 aliphatic rings. The molecule has 0 saturated heterocycles. The first-order chi connectivity index (χ1) is 9.97. The topological polar surface area (TPSA) is 89.6 Å². The van der Waals surface area contributed by atoms with E-state index < -0.39 is 9.84 Å². The van der Waals surface area contributed by atoms with Gasteiger partial charge in [-0.2, -0.15) is 0 Å². The quantitative estimate of drug-likeness (QED) is 0.848. The van der Waals surface area contributed by atoms with Gasteiger partial charge >= 0.3 is 0 Å². The molecule has 1 aliphatic heterocycles. The van der Waals surface area contributed by atoms with E-state index in [4.69, 9.17) is 10.5 Å². The predicted molar refractivity (Wildman–Crippen MR) is 79.6 cm³/mol. The summed E-state index contributed by atoms with van der Waals surface area (Å²) in [6.07, 6.45) is 0. The first-order valence-electron chi connectivity index (χ1n) is 6.24. The van der Waals surface area contributed by atoms with Gasteiger partial charge in [0.2, 0.25) is 9.84 Å². The van der Waals surface area contributed by atoms with Gasteiger partial charge < -0.3 is 15.6 Å². The van der Waals surface area contributed by atoms with Crippen molar-refractivity contribution >= 4 is 21.1 Å².